The Kier molecular flexibility index (Phi) is 4.19. The van der Waals surface area contributed by atoms with Gasteiger partial charge in [0.25, 0.3) is 0 Å². The van der Waals surface area contributed by atoms with Gasteiger partial charge in [-0.2, -0.15) is 0 Å². The molecule has 1 saturated carbocycles. The number of carbonyl (C=O) groups is 2. The van der Waals surface area contributed by atoms with Crippen molar-refractivity contribution >= 4 is 28.2 Å². The molecule has 0 unspecified atom stereocenters. The van der Waals surface area contributed by atoms with Gasteiger partial charge in [-0.1, -0.05) is 18.3 Å². The maximum absolute atomic E-state index is 11.7. The molecule has 1 aliphatic carbocycles. The maximum atomic E-state index is 11.7. The third-order valence-corrected chi connectivity index (χ3v) is 4.21. The Morgan fingerprint density at radius 3 is 2.63 bits per heavy atom. The summed E-state index contributed by atoms with van der Waals surface area (Å²) in [5.74, 6) is -0.684. The van der Waals surface area contributed by atoms with E-state index in [0.717, 1.165) is 30.9 Å². The summed E-state index contributed by atoms with van der Waals surface area (Å²) in [6.45, 7) is 4.46. The van der Waals surface area contributed by atoms with Crippen LogP contribution in [0, 0.1) is 0 Å². The molecule has 5 nitrogen and oxygen atoms in total. The number of nitrogens with zero attached hydrogens (tertiary/aromatic N) is 2. The van der Waals surface area contributed by atoms with E-state index in [4.69, 9.17) is 4.74 Å². The van der Waals surface area contributed by atoms with Gasteiger partial charge >= 0.3 is 5.97 Å². The van der Waals surface area contributed by atoms with Crippen LogP contribution in [0.15, 0.2) is 0 Å². The number of anilines is 1. The number of rotatable bonds is 6. The second-order valence-corrected chi connectivity index (χ2v) is 5.62. The van der Waals surface area contributed by atoms with Gasteiger partial charge in [0.2, 0.25) is 0 Å². The van der Waals surface area contributed by atoms with E-state index in [9.17, 15) is 9.59 Å². The second kappa shape index (κ2) is 5.69. The molecule has 0 amide bonds. The minimum Gasteiger partial charge on any atom is -0.464 e. The van der Waals surface area contributed by atoms with Crippen LogP contribution in [0.3, 0.4) is 0 Å². The molecule has 6 heteroatoms. The third-order valence-electron chi connectivity index (χ3n) is 3.01. The van der Waals surface area contributed by atoms with Gasteiger partial charge in [0.15, 0.2) is 16.6 Å². The minimum absolute atomic E-state index is 0.142. The van der Waals surface area contributed by atoms with Crippen LogP contribution in [0.4, 0.5) is 5.13 Å². The van der Waals surface area contributed by atoms with E-state index >= 15 is 0 Å². The summed E-state index contributed by atoms with van der Waals surface area (Å²) in [5.41, 5.74) is 0.150. The first-order valence-electron chi connectivity index (χ1n) is 6.45. The number of carbonyl (C=O) groups excluding carboxylic acids is 2. The largest absolute Gasteiger partial charge is 0.464 e. The molecule has 0 spiro atoms. The van der Waals surface area contributed by atoms with E-state index in [2.05, 4.69) is 16.8 Å². The fraction of sp³-hybridized carbons (Fsp3) is 0.615. The molecule has 1 heterocycles. The molecule has 0 aromatic carbocycles. The standard InChI is InChI=1S/C13H18N2O3S/c1-4-7-15(9-5-6-9)13-14-10(12(17)18-3)11(19-13)8(2)16/h9H,4-7H2,1-3H3. The molecule has 1 fully saturated rings. The molecule has 1 aliphatic rings. The zero-order chi connectivity index (χ0) is 14.0. The predicted octanol–water partition coefficient (Wildman–Crippen LogP) is 2.51. The lowest BCUT2D eigenvalue weighted by Crippen LogP contribution is -2.26. The van der Waals surface area contributed by atoms with E-state index in [-0.39, 0.29) is 11.5 Å². The first-order valence-corrected chi connectivity index (χ1v) is 7.26. The van der Waals surface area contributed by atoms with Crippen molar-refractivity contribution in [3.63, 3.8) is 0 Å². The first-order chi connectivity index (χ1) is 9.08. The number of ether oxygens (including phenoxy) is 1. The SMILES string of the molecule is CCCN(c1nc(C(=O)OC)c(C(C)=O)s1)C1CC1. The van der Waals surface area contributed by atoms with Crippen LogP contribution in [0.5, 0.6) is 0 Å². The van der Waals surface area contributed by atoms with Crippen LogP contribution < -0.4 is 4.90 Å². The fourth-order valence-electron chi connectivity index (χ4n) is 1.97. The number of thiazole rings is 1. The van der Waals surface area contributed by atoms with Gasteiger partial charge in [-0.3, -0.25) is 4.79 Å². The molecule has 1 aromatic rings. The van der Waals surface area contributed by atoms with Crippen molar-refractivity contribution < 1.29 is 14.3 Å². The van der Waals surface area contributed by atoms with Crippen molar-refractivity contribution in [2.45, 2.75) is 39.2 Å². The van der Waals surface area contributed by atoms with Crippen molar-refractivity contribution in [1.82, 2.24) is 4.98 Å². The Balaban J connectivity index is 2.35. The normalized spacial score (nSPS) is 14.3. The van der Waals surface area contributed by atoms with E-state index < -0.39 is 5.97 Å². The number of hydrogen-bond acceptors (Lipinski definition) is 6. The van der Waals surface area contributed by atoms with E-state index in [0.29, 0.717) is 10.9 Å². The Labute approximate surface area is 116 Å². The average molecular weight is 282 g/mol. The molecule has 0 N–H and O–H groups in total. The molecular formula is C13H18N2O3S. The van der Waals surface area contributed by atoms with Crippen LogP contribution in [-0.4, -0.2) is 36.4 Å². The number of esters is 1. The summed E-state index contributed by atoms with van der Waals surface area (Å²) in [6.07, 6.45) is 3.32. The quantitative estimate of drug-likeness (QED) is 0.592. The predicted molar refractivity (Wildman–Crippen MR) is 74.1 cm³/mol. The van der Waals surface area contributed by atoms with Crippen LogP contribution in [0.1, 0.15) is 53.3 Å². The number of hydrogen-bond donors (Lipinski definition) is 0. The monoisotopic (exact) mass is 282 g/mol. The topological polar surface area (TPSA) is 59.5 Å². The lowest BCUT2D eigenvalue weighted by Gasteiger charge is -2.20. The van der Waals surface area contributed by atoms with Crippen LogP contribution in [0.25, 0.3) is 0 Å². The lowest BCUT2D eigenvalue weighted by molar-refractivity contribution is 0.0591. The Morgan fingerprint density at radius 1 is 1.47 bits per heavy atom. The van der Waals surface area contributed by atoms with Crippen LogP contribution in [0.2, 0.25) is 0 Å². The summed E-state index contributed by atoms with van der Waals surface area (Å²) in [7, 11) is 1.30. The highest BCUT2D eigenvalue weighted by Crippen LogP contribution is 2.35. The summed E-state index contributed by atoms with van der Waals surface area (Å²) >= 11 is 1.29. The highest BCUT2D eigenvalue weighted by molar-refractivity contribution is 7.17. The van der Waals surface area contributed by atoms with Gasteiger partial charge in [0, 0.05) is 19.5 Å². The number of Topliss-reactive ketones (excluding diaryl/α,β-unsaturated/α-hetero) is 1. The Bertz CT molecular complexity index is 494. The Morgan fingerprint density at radius 2 is 2.16 bits per heavy atom. The zero-order valence-corrected chi connectivity index (χ0v) is 12.2. The molecule has 1 aromatic heterocycles. The molecule has 19 heavy (non-hydrogen) atoms. The van der Waals surface area contributed by atoms with Crippen molar-refractivity contribution in [3.05, 3.63) is 10.6 Å². The highest BCUT2D eigenvalue weighted by atomic mass is 32.1. The maximum Gasteiger partial charge on any atom is 0.358 e. The Hall–Kier alpha value is -1.43. The van der Waals surface area contributed by atoms with Gasteiger partial charge in [0.1, 0.15) is 4.88 Å². The molecule has 0 aliphatic heterocycles. The molecular weight excluding hydrogens is 264 g/mol. The van der Waals surface area contributed by atoms with E-state index in [1.807, 2.05) is 0 Å². The smallest absolute Gasteiger partial charge is 0.358 e. The molecule has 0 saturated heterocycles. The van der Waals surface area contributed by atoms with Crippen molar-refractivity contribution in [1.29, 1.82) is 0 Å². The first kappa shape index (κ1) is 14.0. The summed E-state index contributed by atoms with van der Waals surface area (Å²) in [5, 5.41) is 0.759. The zero-order valence-electron chi connectivity index (χ0n) is 11.4. The molecule has 104 valence electrons. The van der Waals surface area contributed by atoms with Gasteiger partial charge in [-0.25, -0.2) is 9.78 Å². The lowest BCUT2D eigenvalue weighted by atomic mass is 10.3. The molecule has 0 bridgehead atoms. The molecule has 2 rings (SSSR count). The molecule has 0 atom stereocenters. The second-order valence-electron chi connectivity index (χ2n) is 4.65. The van der Waals surface area contributed by atoms with Crippen LogP contribution >= 0.6 is 11.3 Å². The van der Waals surface area contributed by atoms with Gasteiger partial charge in [-0.05, 0) is 19.3 Å². The number of methoxy groups -OCH3 is 1. The van der Waals surface area contributed by atoms with Crippen LogP contribution in [-0.2, 0) is 4.74 Å². The van der Waals surface area contributed by atoms with E-state index in [1.165, 1.54) is 25.4 Å². The fourth-order valence-corrected chi connectivity index (χ4v) is 3.01. The summed E-state index contributed by atoms with van der Waals surface area (Å²) in [6, 6.07) is 0.511. The van der Waals surface area contributed by atoms with Gasteiger partial charge < -0.3 is 9.64 Å². The summed E-state index contributed by atoms with van der Waals surface area (Å²) < 4.78 is 4.69. The summed E-state index contributed by atoms with van der Waals surface area (Å²) in [4.78, 5) is 30.2. The van der Waals surface area contributed by atoms with Gasteiger partial charge in [0.05, 0.1) is 7.11 Å². The molecule has 0 radical (unpaired) electrons. The van der Waals surface area contributed by atoms with Crippen molar-refractivity contribution in [2.75, 3.05) is 18.6 Å². The van der Waals surface area contributed by atoms with Crippen molar-refractivity contribution in [2.24, 2.45) is 0 Å². The van der Waals surface area contributed by atoms with Gasteiger partial charge in [-0.15, -0.1) is 0 Å². The third kappa shape index (κ3) is 2.94. The highest BCUT2D eigenvalue weighted by Gasteiger charge is 2.32. The number of ketones is 1. The van der Waals surface area contributed by atoms with E-state index in [1.54, 1.807) is 0 Å². The number of aromatic nitrogens is 1. The minimum atomic E-state index is -0.542. The van der Waals surface area contributed by atoms with Crippen molar-refractivity contribution in [3.8, 4) is 0 Å². The average Bonchev–Trinajstić information content (AvgIpc) is 3.12.